The quantitative estimate of drug-likeness (QED) is 0.524. The van der Waals surface area contributed by atoms with Crippen LogP contribution in [0.2, 0.25) is 5.02 Å². The minimum Gasteiger partial charge on any atom is -0.496 e. The highest BCUT2D eigenvalue weighted by Gasteiger charge is 2.18. The van der Waals surface area contributed by atoms with E-state index >= 15 is 0 Å². The standard InChI is InChI=1S/C18H15Cl2N3OS/c1-24-16-6-3-2-5-15(16)17-21-22-18(25-12-4-11-19)23(17)14-9-7-13(20)8-10-14/h2-11H,12H2,1H3/b11-4+. The van der Waals surface area contributed by atoms with Gasteiger partial charge in [-0.05, 0) is 36.4 Å². The van der Waals surface area contributed by atoms with E-state index in [4.69, 9.17) is 27.9 Å². The summed E-state index contributed by atoms with van der Waals surface area (Å²) in [4.78, 5) is 0. The van der Waals surface area contributed by atoms with E-state index in [1.807, 2.05) is 59.2 Å². The molecular formula is C18H15Cl2N3OS. The topological polar surface area (TPSA) is 39.9 Å². The predicted octanol–water partition coefficient (Wildman–Crippen LogP) is 5.44. The average Bonchev–Trinajstić information content (AvgIpc) is 3.06. The molecule has 0 radical (unpaired) electrons. The third-order valence-corrected chi connectivity index (χ3v) is 4.78. The Labute approximate surface area is 160 Å². The molecule has 1 aromatic heterocycles. The molecule has 2 aromatic carbocycles. The van der Waals surface area contributed by atoms with Crippen LogP contribution in [0.5, 0.6) is 5.75 Å². The molecule has 0 bridgehead atoms. The van der Waals surface area contributed by atoms with Crippen LogP contribution in [0.4, 0.5) is 0 Å². The first-order valence-electron chi connectivity index (χ1n) is 7.47. The van der Waals surface area contributed by atoms with Crippen molar-refractivity contribution in [3.05, 3.63) is 65.2 Å². The number of hydrogen-bond donors (Lipinski definition) is 0. The zero-order valence-electron chi connectivity index (χ0n) is 13.4. The van der Waals surface area contributed by atoms with Gasteiger partial charge < -0.3 is 4.74 Å². The fraction of sp³-hybridized carbons (Fsp3) is 0.111. The molecular weight excluding hydrogens is 377 g/mol. The Hall–Kier alpha value is -1.95. The van der Waals surface area contributed by atoms with Crippen molar-refractivity contribution in [3.8, 4) is 22.8 Å². The number of ether oxygens (including phenoxy) is 1. The van der Waals surface area contributed by atoms with Crippen molar-refractivity contribution < 1.29 is 4.74 Å². The normalized spacial score (nSPS) is 11.2. The van der Waals surface area contributed by atoms with Crippen LogP contribution in [-0.2, 0) is 0 Å². The number of methoxy groups -OCH3 is 1. The molecule has 0 spiro atoms. The van der Waals surface area contributed by atoms with E-state index in [1.165, 1.54) is 5.54 Å². The van der Waals surface area contributed by atoms with E-state index < -0.39 is 0 Å². The zero-order chi connectivity index (χ0) is 17.6. The lowest BCUT2D eigenvalue weighted by Gasteiger charge is -2.12. The highest BCUT2D eigenvalue weighted by molar-refractivity contribution is 7.99. The number of para-hydroxylation sites is 1. The van der Waals surface area contributed by atoms with Crippen molar-refractivity contribution in [2.45, 2.75) is 5.16 Å². The van der Waals surface area contributed by atoms with Crippen LogP contribution in [-0.4, -0.2) is 27.6 Å². The number of nitrogens with zero attached hydrogens (tertiary/aromatic N) is 3. The molecule has 0 fully saturated rings. The monoisotopic (exact) mass is 391 g/mol. The van der Waals surface area contributed by atoms with E-state index in [0.717, 1.165) is 22.2 Å². The van der Waals surface area contributed by atoms with Gasteiger partial charge in [0.15, 0.2) is 11.0 Å². The molecule has 128 valence electrons. The second-order valence-corrected chi connectivity index (χ2v) is 6.67. The van der Waals surface area contributed by atoms with Crippen molar-refractivity contribution in [1.29, 1.82) is 0 Å². The Balaban J connectivity index is 2.13. The second kappa shape index (κ2) is 8.43. The molecule has 1 heterocycles. The Morgan fingerprint density at radius 3 is 2.60 bits per heavy atom. The summed E-state index contributed by atoms with van der Waals surface area (Å²) in [5.74, 6) is 2.14. The van der Waals surface area contributed by atoms with E-state index in [9.17, 15) is 0 Å². The summed E-state index contributed by atoms with van der Waals surface area (Å²) in [7, 11) is 1.64. The van der Waals surface area contributed by atoms with E-state index in [1.54, 1.807) is 18.9 Å². The molecule has 3 aromatic rings. The molecule has 0 atom stereocenters. The Morgan fingerprint density at radius 1 is 1.12 bits per heavy atom. The lowest BCUT2D eigenvalue weighted by Crippen LogP contribution is -2.00. The van der Waals surface area contributed by atoms with Crippen LogP contribution in [0, 0.1) is 0 Å². The molecule has 4 nitrogen and oxygen atoms in total. The molecule has 0 amide bonds. The third kappa shape index (κ3) is 4.00. The van der Waals surface area contributed by atoms with Gasteiger partial charge in [-0.1, -0.05) is 53.2 Å². The lowest BCUT2D eigenvalue weighted by atomic mass is 10.2. The van der Waals surface area contributed by atoms with E-state index in [2.05, 4.69) is 10.2 Å². The zero-order valence-corrected chi connectivity index (χ0v) is 15.7. The molecule has 0 saturated heterocycles. The first-order chi connectivity index (χ1) is 12.2. The van der Waals surface area contributed by atoms with E-state index in [0.29, 0.717) is 16.6 Å². The molecule has 0 aliphatic rings. The molecule has 0 saturated carbocycles. The molecule has 0 aliphatic heterocycles. The number of rotatable bonds is 6. The lowest BCUT2D eigenvalue weighted by molar-refractivity contribution is 0.416. The molecule has 0 N–H and O–H groups in total. The van der Waals surface area contributed by atoms with Crippen LogP contribution in [0.1, 0.15) is 0 Å². The van der Waals surface area contributed by atoms with Crippen LogP contribution < -0.4 is 4.74 Å². The van der Waals surface area contributed by atoms with Gasteiger partial charge in [0.1, 0.15) is 5.75 Å². The Bertz CT molecular complexity index is 878. The highest BCUT2D eigenvalue weighted by atomic mass is 35.5. The first-order valence-corrected chi connectivity index (χ1v) is 9.27. The molecule has 0 unspecified atom stereocenters. The van der Waals surface area contributed by atoms with Crippen molar-refractivity contribution in [3.63, 3.8) is 0 Å². The highest BCUT2D eigenvalue weighted by Crippen LogP contribution is 2.33. The summed E-state index contributed by atoms with van der Waals surface area (Å²) in [5, 5.41) is 10.2. The second-order valence-electron chi connectivity index (χ2n) is 4.99. The summed E-state index contributed by atoms with van der Waals surface area (Å²) in [6.07, 6.45) is 1.86. The maximum Gasteiger partial charge on any atom is 0.196 e. The molecule has 7 heteroatoms. The number of hydrogen-bond acceptors (Lipinski definition) is 4. The third-order valence-electron chi connectivity index (χ3n) is 3.46. The summed E-state index contributed by atoms with van der Waals surface area (Å²) in [5.41, 5.74) is 3.29. The van der Waals surface area contributed by atoms with Crippen molar-refractivity contribution in [1.82, 2.24) is 14.8 Å². The minimum atomic E-state index is 0.676. The summed E-state index contributed by atoms with van der Waals surface area (Å²) in [6, 6.07) is 15.3. The van der Waals surface area contributed by atoms with Gasteiger partial charge in [0, 0.05) is 22.0 Å². The fourth-order valence-electron chi connectivity index (χ4n) is 2.35. The number of thioether (sulfide) groups is 1. The molecule has 3 rings (SSSR count). The van der Waals surface area contributed by atoms with Crippen molar-refractivity contribution in [2.75, 3.05) is 12.9 Å². The van der Waals surface area contributed by atoms with Crippen LogP contribution in [0.15, 0.2) is 65.3 Å². The smallest absolute Gasteiger partial charge is 0.196 e. The van der Waals surface area contributed by atoms with Gasteiger partial charge in [-0.3, -0.25) is 4.57 Å². The summed E-state index contributed by atoms with van der Waals surface area (Å²) >= 11 is 13.2. The summed E-state index contributed by atoms with van der Waals surface area (Å²) < 4.78 is 7.47. The van der Waals surface area contributed by atoms with Gasteiger partial charge in [0.25, 0.3) is 0 Å². The SMILES string of the molecule is COc1ccccc1-c1nnc(SC/C=C/Cl)n1-c1ccc(Cl)cc1. The van der Waals surface area contributed by atoms with Gasteiger partial charge in [-0.25, -0.2) is 0 Å². The van der Waals surface area contributed by atoms with Gasteiger partial charge >= 0.3 is 0 Å². The Morgan fingerprint density at radius 2 is 1.88 bits per heavy atom. The van der Waals surface area contributed by atoms with Crippen LogP contribution in [0.25, 0.3) is 17.1 Å². The van der Waals surface area contributed by atoms with Gasteiger partial charge in [-0.2, -0.15) is 0 Å². The summed E-state index contributed by atoms with van der Waals surface area (Å²) in [6.45, 7) is 0. The van der Waals surface area contributed by atoms with Crippen LogP contribution in [0.3, 0.4) is 0 Å². The number of benzene rings is 2. The number of aromatic nitrogens is 3. The minimum absolute atomic E-state index is 0.676. The predicted molar refractivity (Wildman–Crippen MR) is 104 cm³/mol. The number of halogens is 2. The molecule has 25 heavy (non-hydrogen) atoms. The maximum absolute atomic E-state index is 6.03. The fourth-order valence-corrected chi connectivity index (χ4v) is 3.43. The van der Waals surface area contributed by atoms with Gasteiger partial charge in [-0.15, -0.1) is 10.2 Å². The van der Waals surface area contributed by atoms with Gasteiger partial charge in [0.2, 0.25) is 0 Å². The molecule has 0 aliphatic carbocycles. The van der Waals surface area contributed by atoms with Crippen LogP contribution >= 0.6 is 35.0 Å². The Kier molecular flexibility index (Phi) is 6.02. The van der Waals surface area contributed by atoms with Crippen molar-refractivity contribution in [2.24, 2.45) is 0 Å². The average molecular weight is 392 g/mol. The van der Waals surface area contributed by atoms with Gasteiger partial charge in [0.05, 0.1) is 12.7 Å². The van der Waals surface area contributed by atoms with Crippen molar-refractivity contribution >= 4 is 35.0 Å². The van der Waals surface area contributed by atoms with E-state index in [-0.39, 0.29) is 0 Å². The maximum atomic E-state index is 6.03. The first kappa shape index (κ1) is 17.9. The largest absolute Gasteiger partial charge is 0.496 e.